The third-order valence-corrected chi connectivity index (χ3v) is 3.64. The molecular weight excluding hydrogens is 324 g/mol. The molecule has 7 heteroatoms. The summed E-state index contributed by atoms with van der Waals surface area (Å²) in [5.74, 6) is -0.701. The number of nitrogens with zero attached hydrogens (tertiary/aromatic N) is 1. The monoisotopic (exact) mass is 352 g/mol. The van der Waals surface area contributed by atoms with Crippen molar-refractivity contribution in [3.05, 3.63) is 24.3 Å². The highest BCUT2D eigenvalue weighted by Gasteiger charge is 2.19. The van der Waals surface area contributed by atoms with E-state index >= 15 is 0 Å². The van der Waals surface area contributed by atoms with Crippen molar-refractivity contribution in [2.45, 2.75) is 39.2 Å². The van der Waals surface area contributed by atoms with Gasteiger partial charge in [0.05, 0.1) is 6.61 Å². The Bertz CT molecular complexity index is 533. The zero-order valence-corrected chi connectivity index (χ0v) is 15.2. The second kappa shape index (κ2) is 11.3. The Morgan fingerprint density at radius 3 is 2.36 bits per heavy atom. The highest BCUT2D eigenvalue weighted by Crippen LogP contribution is 2.20. The van der Waals surface area contributed by atoms with E-state index in [1.54, 1.807) is 19.2 Å². The van der Waals surface area contributed by atoms with Gasteiger partial charge in [-0.2, -0.15) is 0 Å². The average Bonchev–Trinajstić information content (AvgIpc) is 2.59. The predicted octanol–water partition coefficient (Wildman–Crippen LogP) is 2.89. The smallest absolute Gasteiger partial charge is 0.413 e. The van der Waals surface area contributed by atoms with Crippen LogP contribution in [0, 0.1) is 0 Å². The summed E-state index contributed by atoms with van der Waals surface area (Å²) in [5.41, 5.74) is 1.01. The molecule has 0 aliphatic carbocycles. The summed E-state index contributed by atoms with van der Waals surface area (Å²) in [6, 6.07) is 6.19. The second-order valence-corrected chi connectivity index (χ2v) is 5.69. The van der Waals surface area contributed by atoms with Crippen molar-refractivity contribution in [3.8, 4) is 5.75 Å². The third-order valence-electron chi connectivity index (χ3n) is 3.64. The van der Waals surface area contributed by atoms with Crippen molar-refractivity contribution in [2.24, 2.45) is 0 Å². The van der Waals surface area contributed by atoms with E-state index < -0.39 is 18.1 Å². The summed E-state index contributed by atoms with van der Waals surface area (Å²) < 4.78 is 10.3. The quantitative estimate of drug-likeness (QED) is 0.637. The highest BCUT2D eigenvalue weighted by molar-refractivity contribution is 5.80. The Morgan fingerprint density at radius 1 is 1.16 bits per heavy atom. The largest absolute Gasteiger partial charge is 0.480 e. The number of carboxylic acid groups (broad SMARTS) is 1. The van der Waals surface area contributed by atoms with Crippen LogP contribution in [-0.2, 0) is 9.53 Å². The van der Waals surface area contributed by atoms with Crippen molar-refractivity contribution in [1.82, 2.24) is 5.32 Å². The van der Waals surface area contributed by atoms with E-state index in [1.807, 2.05) is 19.1 Å². The van der Waals surface area contributed by atoms with Crippen LogP contribution < -0.4 is 15.0 Å². The molecule has 0 fully saturated rings. The molecule has 1 rings (SSSR count). The van der Waals surface area contributed by atoms with E-state index in [9.17, 15) is 9.59 Å². The molecule has 0 bridgehead atoms. The Balaban J connectivity index is 2.65. The van der Waals surface area contributed by atoms with Gasteiger partial charge in [-0.1, -0.05) is 20.3 Å². The number of carboxylic acids is 1. The standard InChI is InChI=1S/C18H28N2O5/c1-4-6-16(17(21)22)19-18(23)25-15-9-7-14(8-10-15)20(11-5-2)12-13-24-3/h7-10,16H,4-6,11-13H2,1-3H3,(H,19,23)(H,21,22)/t16-/m0/s1. The molecule has 2 N–H and O–H groups in total. The van der Waals surface area contributed by atoms with E-state index in [2.05, 4.69) is 17.1 Å². The molecule has 25 heavy (non-hydrogen) atoms. The number of aliphatic carboxylic acids is 1. The Hall–Kier alpha value is -2.28. The number of hydrogen-bond donors (Lipinski definition) is 2. The van der Waals surface area contributed by atoms with Crippen molar-refractivity contribution in [1.29, 1.82) is 0 Å². The van der Waals surface area contributed by atoms with Gasteiger partial charge in [0.25, 0.3) is 0 Å². The number of ether oxygens (including phenoxy) is 2. The number of rotatable bonds is 11. The number of anilines is 1. The average molecular weight is 352 g/mol. The summed E-state index contributed by atoms with van der Waals surface area (Å²) >= 11 is 0. The van der Waals surface area contributed by atoms with Crippen molar-refractivity contribution >= 4 is 17.7 Å². The third kappa shape index (κ3) is 7.43. The van der Waals surface area contributed by atoms with Crippen LogP contribution in [-0.4, -0.2) is 50.0 Å². The molecule has 0 spiro atoms. The molecule has 1 aromatic rings. The number of benzene rings is 1. The van der Waals surface area contributed by atoms with Gasteiger partial charge in [-0.3, -0.25) is 0 Å². The van der Waals surface area contributed by atoms with Crippen LogP contribution in [0.3, 0.4) is 0 Å². The van der Waals surface area contributed by atoms with Crippen LogP contribution >= 0.6 is 0 Å². The van der Waals surface area contributed by atoms with Gasteiger partial charge in [-0.05, 0) is 37.1 Å². The van der Waals surface area contributed by atoms with Gasteiger partial charge in [0.15, 0.2) is 0 Å². The lowest BCUT2D eigenvalue weighted by atomic mass is 10.2. The van der Waals surface area contributed by atoms with Gasteiger partial charge in [0.1, 0.15) is 11.8 Å². The zero-order valence-electron chi connectivity index (χ0n) is 15.2. The maximum atomic E-state index is 11.8. The summed E-state index contributed by atoms with van der Waals surface area (Å²) in [7, 11) is 1.67. The van der Waals surface area contributed by atoms with Gasteiger partial charge < -0.3 is 24.8 Å². The van der Waals surface area contributed by atoms with E-state index in [1.165, 1.54) is 0 Å². The SMILES string of the molecule is CCC[C@H](NC(=O)Oc1ccc(N(CCC)CCOC)cc1)C(=O)O. The number of methoxy groups -OCH3 is 1. The first kappa shape index (κ1) is 20.8. The van der Waals surface area contributed by atoms with Gasteiger partial charge in [-0.15, -0.1) is 0 Å². The number of hydrogen-bond acceptors (Lipinski definition) is 5. The fourth-order valence-corrected chi connectivity index (χ4v) is 2.39. The topological polar surface area (TPSA) is 88.1 Å². The van der Waals surface area contributed by atoms with Crippen LogP contribution in [0.25, 0.3) is 0 Å². The number of carbonyl (C=O) groups excluding carboxylic acids is 1. The lowest BCUT2D eigenvalue weighted by molar-refractivity contribution is -0.139. The first-order valence-corrected chi connectivity index (χ1v) is 8.56. The van der Waals surface area contributed by atoms with E-state index in [-0.39, 0.29) is 0 Å². The van der Waals surface area contributed by atoms with Gasteiger partial charge in [0.2, 0.25) is 0 Å². The van der Waals surface area contributed by atoms with E-state index in [0.717, 1.165) is 25.2 Å². The predicted molar refractivity (Wildman–Crippen MR) is 96.3 cm³/mol. The Kier molecular flexibility index (Phi) is 9.39. The van der Waals surface area contributed by atoms with Crippen LogP contribution in [0.15, 0.2) is 24.3 Å². The molecule has 0 aromatic heterocycles. The molecule has 0 heterocycles. The normalized spacial score (nSPS) is 11.6. The molecule has 1 aromatic carbocycles. The number of nitrogens with one attached hydrogen (secondary N) is 1. The Morgan fingerprint density at radius 2 is 1.84 bits per heavy atom. The number of amides is 1. The minimum Gasteiger partial charge on any atom is -0.480 e. The molecule has 7 nitrogen and oxygen atoms in total. The van der Waals surface area contributed by atoms with Gasteiger partial charge in [-0.25, -0.2) is 9.59 Å². The molecular formula is C18H28N2O5. The molecule has 0 saturated carbocycles. The molecule has 0 radical (unpaired) electrons. The minimum absolute atomic E-state index is 0.356. The fourth-order valence-electron chi connectivity index (χ4n) is 2.39. The first-order chi connectivity index (χ1) is 12.0. The first-order valence-electron chi connectivity index (χ1n) is 8.56. The lowest BCUT2D eigenvalue weighted by Gasteiger charge is -2.24. The van der Waals surface area contributed by atoms with Crippen molar-refractivity contribution in [2.75, 3.05) is 31.7 Å². The molecule has 1 amide bonds. The fraction of sp³-hybridized carbons (Fsp3) is 0.556. The molecule has 1 atom stereocenters. The zero-order chi connectivity index (χ0) is 18.7. The molecule has 0 saturated heterocycles. The van der Waals surface area contributed by atoms with Crippen LogP contribution in [0.1, 0.15) is 33.1 Å². The van der Waals surface area contributed by atoms with Crippen LogP contribution in [0.2, 0.25) is 0 Å². The van der Waals surface area contributed by atoms with E-state index in [0.29, 0.717) is 25.2 Å². The van der Waals surface area contributed by atoms with Gasteiger partial charge >= 0.3 is 12.1 Å². The minimum atomic E-state index is -1.07. The lowest BCUT2D eigenvalue weighted by Crippen LogP contribution is -2.42. The number of carbonyl (C=O) groups is 2. The van der Waals surface area contributed by atoms with Crippen LogP contribution in [0.4, 0.5) is 10.5 Å². The van der Waals surface area contributed by atoms with Gasteiger partial charge in [0, 0.05) is 25.9 Å². The molecule has 0 aliphatic rings. The summed E-state index contributed by atoms with van der Waals surface area (Å²) in [5, 5.41) is 11.4. The molecule has 140 valence electrons. The summed E-state index contributed by atoms with van der Waals surface area (Å²) in [6.45, 7) is 6.28. The maximum Gasteiger partial charge on any atom is 0.413 e. The second-order valence-electron chi connectivity index (χ2n) is 5.69. The molecule has 0 unspecified atom stereocenters. The van der Waals surface area contributed by atoms with Crippen LogP contribution in [0.5, 0.6) is 5.75 Å². The van der Waals surface area contributed by atoms with Crippen molar-refractivity contribution < 1.29 is 24.2 Å². The van der Waals surface area contributed by atoms with E-state index in [4.69, 9.17) is 14.6 Å². The summed E-state index contributed by atoms with van der Waals surface area (Å²) in [4.78, 5) is 25.1. The van der Waals surface area contributed by atoms with Crippen molar-refractivity contribution in [3.63, 3.8) is 0 Å². The summed E-state index contributed by atoms with van der Waals surface area (Å²) in [6.07, 6.45) is 1.26. The highest BCUT2D eigenvalue weighted by atomic mass is 16.6. The molecule has 0 aliphatic heterocycles. The maximum absolute atomic E-state index is 11.8. The Labute approximate surface area is 148 Å².